The summed E-state index contributed by atoms with van der Waals surface area (Å²) < 4.78 is 0.909. The van der Waals surface area contributed by atoms with Gasteiger partial charge in [0, 0.05) is 10.9 Å². The van der Waals surface area contributed by atoms with E-state index in [-0.39, 0.29) is 0 Å². The molecule has 3 heteroatoms. The van der Waals surface area contributed by atoms with E-state index in [1.807, 2.05) is 6.07 Å². The molecule has 0 aliphatic heterocycles. The van der Waals surface area contributed by atoms with Crippen molar-refractivity contribution in [2.75, 3.05) is 6.54 Å². The molecule has 1 atom stereocenters. The molecule has 0 saturated heterocycles. The smallest absolute Gasteiger partial charge is 0.0931 e. The molecule has 0 bridgehead atoms. The molecule has 110 valence electrons. The molecule has 1 aromatic heterocycles. The van der Waals surface area contributed by atoms with E-state index in [2.05, 4.69) is 25.2 Å². The zero-order chi connectivity index (χ0) is 13.9. The van der Waals surface area contributed by atoms with Gasteiger partial charge in [0.2, 0.25) is 0 Å². The number of rotatable bonds is 11. The maximum absolute atomic E-state index is 6.01. The summed E-state index contributed by atoms with van der Waals surface area (Å²) in [6.07, 6.45) is 10.5. The maximum Gasteiger partial charge on any atom is 0.0931 e. The zero-order valence-corrected chi connectivity index (χ0v) is 14.0. The van der Waals surface area contributed by atoms with Gasteiger partial charge in [0.1, 0.15) is 0 Å². The van der Waals surface area contributed by atoms with E-state index >= 15 is 0 Å². The highest BCUT2D eigenvalue weighted by Crippen LogP contribution is 2.23. The van der Waals surface area contributed by atoms with Gasteiger partial charge in [-0.3, -0.25) is 0 Å². The van der Waals surface area contributed by atoms with Crippen molar-refractivity contribution in [1.29, 1.82) is 0 Å². The van der Waals surface area contributed by atoms with Gasteiger partial charge in [-0.1, -0.05) is 57.6 Å². The number of thiophene rings is 1. The normalized spacial score (nSPS) is 12.8. The highest BCUT2D eigenvalue weighted by atomic mass is 35.5. The van der Waals surface area contributed by atoms with Crippen LogP contribution in [0.4, 0.5) is 0 Å². The van der Waals surface area contributed by atoms with Crippen LogP contribution < -0.4 is 5.32 Å². The van der Waals surface area contributed by atoms with E-state index in [0.717, 1.165) is 17.3 Å². The fourth-order valence-electron chi connectivity index (χ4n) is 2.32. The predicted octanol–water partition coefficient (Wildman–Crippen LogP) is 5.67. The molecule has 1 unspecified atom stereocenters. The molecule has 0 aromatic carbocycles. The first-order valence-electron chi connectivity index (χ1n) is 7.73. The minimum atomic E-state index is 0.622. The second-order valence-corrected chi connectivity index (χ2v) is 7.06. The molecule has 0 fully saturated rings. The molecule has 1 heterocycles. The van der Waals surface area contributed by atoms with Gasteiger partial charge in [-0.2, -0.15) is 0 Å². The quantitative estimate of drug-likeness (QED) is 0.519. The molecular weight excluding hydrogens is 274 g/mol. The Bertz CT molecular complexity index is 324. The lowest BCUT2D eigenvalue weighted by molar-refractivity contribution is 0.453. The molecule has 1 aromatic rings. The number of unbranched alkanes of at least 4 members (excludes halogenated alkanes) is 4. The maximum atomic E-state index is 6.01. The van der Waals surface area contributed by atoms with Crippen LogP contribution in [0, 0.1) is 0 Å². The van der Waals surface area contributed by atoms with Crippen LogP contribution in [0.25, 0.3) is 0 Å². The van der Waals surface area contributed by atoms with E-state index in [9.17, 15) is 0 Å². The first-order chi connectivity index (χ1) is 9.26. The molecule has 0 radical (unpaired) electrons. The van der Waals surface area contributed by atoms with Crippen molar-refractivity contribution >= 4 is 22.9 Å². The first kappa shape index (κ1) is 17.0. The number of halogens is 1. The fraction of sp³-hybridized carbons (Fsp3) is 0.750. The molecule has 1 N–H and O–H groups in total. The highest BCUT2D eigenvalue weighted by molar-refractivity contribution is 7.16. The summed E-state index contributed by atoms with van der Waals surface area (Å²) >= 11 is 7.73. The van der Waals surface area contributed by atoms with Gasteiger partial charge >= 0.3 is 0 Å². The Morgan fingerprint density at radius 3 is 2.53 bits per heavy atom. The Hall–Kier alpha value is -0.0500. The Kier molecular flexibility index (Phi) is 9.58. The van der Waals surface area contributed by atoms with Crippen molar-refractivity contribution in [1.82, 2.24) is 5.32 Å². The van der Waals surface area contributed by atoms with Crippen molar-refractivity contribution in [3.8, 4) is 0 Å². The molecule has 1 nitrogen and oxygen atoms in total. The van der Waals surface area contributed by atoms with Gasteiger partial charge in [-0.05, 0) is 37.9 Å². The van der Waals surface area contributed by atoms with Crippen LogP contribution >= 0.6 is 22.9 Å². The van der Waals surface area contributed by atoms with Gasteiger partial charge in [-0.15, -0.1) is 11.3 Å². The summed E-state index contributed by atoms with van der Waals surface area (Å²) in [7, 11) is 0. The van der Waals surface area contributed by atoms with E-state index in [1.54, 1.807) is 11.3 Å². The third-order valence-electron chi connectivity index (χ3n) is 3.42. The van der Waals surface area contributed by atoms with Gasteiger partial charge < -0.3 is 5.32 Å². The Morgan fingerprint density at radius 1 is 1.11 bits per heavy atom. The fourth-order valence-corrected chi connectivity index (χ4v) is 3.49. The molecular formula is C16H28ClNS. The van der Waals surface area contributed by atoms with Crippen LogP contribution in [0.15, 0.2) is 12.1 Å². The van der Waals surface area contributed by atoms with Crippen LogP contribution in [0.1, 0.15) is 63.7 Å². The second kappa shape index (κ2) is 10.7. The summed E-state index contributed by atoms with van der Waals surface area (Å²) in [5.74, 6) is 0. The van der Waals surface area contributed by atoms with Crippen LogP contribution in [0.2, 0.25) is 4.34 Å². The lowest BCUT2D eigenvalue weighted by atomic mass is 10.0. The average Bonchev–Trinajstić information content (AvgIpc) is 2.81. The largest absolute Gasteiger partial charge is 0.314 e. The van der Waals surface area contributed by atoms with Crippen LogP contribution in [0.3, 0.4) is 0 Å². The molecule has 0 aliphatic rings. The van der Waals surface area contributed by atoms with E-state index in [0.29, 0.717) is 6.04 Å². The molecule has 0 amide bonds. The summed E-state index contributed by atoms with van der Waals surface area (Å²) in [6, 6.07) is 4.81. The lowest BCUT2D eigenvalue weighted by Crippen LogP contribution is -2.31. The second-order valence-electron chi connectivity index (χ2n) is 5.26. The molecule has 1 rings (SSSR count). The van der Waals surface area contributed by atoms with Gasteiger partial charge in [0.05, 0.1) is 4.34 Å². The summed E-state index contributed by atoms with van der Waals surface area (Å²) in [4.78, 5) is 1.41. The van der Waals surface area contributed by atoms with Gasteiger partial charge in [-0.25, -0.2) is 0 Å². The molecule has 19 heavy (non-hydrogen) atoms. The topological polar surface area (TPSA) is 12.0 Å². The van der Waals surface area contributed by atoms with Gasteiger partial charge in [0.25, 0.3) is 0 Å². The SMILES string of the molecule is CCCCCCCC(Cc1ccc(Cl)s1)NCCC. The third kappa shape index (κ3) is 7.96. The molecule has 0 saturated carbocycles. The first-order valence-corrected chi connectivity index (χ1v) is 8.93. The van der Waals surface area contributed by atoms with Crippen LogP contribution in [-0.2, 0) is 6.42 Å². The van der Waals surface area contributed by atoms with E-state index in [1.165, 1.54) is 49.8 Å². The summed E-state index contributed by atoms with van der Waals surface area (Å²) in [5, 5.41) is 3.68. The van der Waals surface area contributed by atoms with Crippen molar-refractivity contribution in [3.05, 3.63) is 21.3 Å². The highest BCUT2D eigenvalue weighted by Gasteiger charge is 2.10. The third-order valence-corrected chi connectivity index (χ3v) is 4.67. The lowest BCUT2D eigenvalue weighted by Gasteiger charge is -2.17. The van der Waals surface area contributed by atoms with Crippen LogP contribution in [-0.4, -0.2) is 12.6 Å². The molecule has 0 spiro atoms. The Morgan fingerprint density at radius 2 is 1.89 bits per heavy atom. The van der Waals surface area contributed by atoms with Crippen molar-refractivity contribution in [2.45, 2.75) is 71.3 Å². The summed E-state index contributed by atoms with van der Waals surface area (Å²) in [5.41, 5.74) is 0. The van der Waals surface area contributed by atoms with Crippen molar-refractivity contribution < 1.29 is 0 Å². The zero-order valence-electron chi connectivity index (χ0n) is 12.4. The Balaban J connectivity index is 2.29. The number of hydrogen-bond acceptors (Lipinski definition) is 2. The minimum absolute atomic E-state index is 0.622. The number of nitrogens with one attached hydrogen (secondary N) is 1. The van der Waals surface area contributed by atoms with E-state index < -0.39 is 0 Å². The van der Waals surface area contributed by atoms with Gasteiger partial charge in [0.15, 0.2) is 0 Å². The van der Waals surface area contributed by atoms with Crippen LogP contribution in [0.5, 0.6) is 0 Å². The average molecular weight is 302 g/mol. The number of hydrogen-bond donors (Lipinski definition) is 1. The minimum Gasteiger partial charge on any atom is -0.314 e. The standard InChI is InChI=1S/C16H28ClNS/c1-3-5-6-7-8-9-14(18-12-4-2)13-15-10-11-16(17)19-15/h10-11,14,18H,3-9,12-13H2,1-2H3. The predicted molar refractivity (Wildman–Crippen MR) is 88.5 cm³/mol. The summed E-state index contributed by atoms with van der Waals surface area (Å²) in [6.45, 7) is 5.62. The Labute approximate surface area is 127 Å². The monoisotopic (exact) mass is 301 g/mol. The van der Waals surface area contributed by atoms with Crippen molar-refractivity contribution in [2.24, 2.45) is 0 Å². The van der Waals surface area contributed by atoms with Crippen molar-refractivity contribution in [3.63, 3.8) is 0 Å². The van der Waals surface area contributed by atoms with E-state index in [4.69, 9.17) is 11.6 Å². The molecule has 0 aliphatic carbocycles.